The number of hydrogen-bond donors (Lipinski definition) is 0. The Hall–Kier alpha value is -0.300. The molecule has 0 aromatic heterocycles. The van der Waals surface area contributed by atoms with Gasteiger partial charge in [-0.3, -0.25) is 0 Å². The molecule has 130 valence electrons. The van der Waals surface area contributed by atoms with Crippen LogP contribution in [0.5, 0.6) is 0 Å². The minimum atomic E-state index is 0.552. The van der Waals surface area contributed by atoms with Crippen LogP contribution in [0.1, 0.15) is 110 Å². The van der Waals surface area contributed by atoms with Crippen molar-refractivity contribution in [3.05, 3.63) is 12.2 Å². The molecule has 0 aromatic rings. The Bertz CT molecular complexity index is 259. The van der Waals surface area contributed by atoms with Crippen LogP contribution in [0.2, 0.25) is 0 Å². The normalized spacial score (nSPS) is 20.8. The first-order valence-electron chi connectivity index (χ1n) is 10.2. The fourth-order valence-corrected chi connectivity index (χ4v) is 3.16. The lowest BCUT2D eigenvalue weighted by molar-refractivity contribution is 0.358. The van der Waals surface area contributed by atoms with E-state index in [2.05, 4.69) is 26.0 Å². The largest absolute Gasteiger partial charge is 0.369 e. The molecule has 22 heavy (non-hydrogen) atoms. The van der Waals surface area contributed by atoms with E-state index in [1.807, 2.05) is 0 Å². The number of allylic oxidation sites excluding steroid dienone is 1. The fourth-order valence-electron chi connectivity index (χ4n) is 3.16. The SMILES string of the molecule is CCCCCC=CCC1OC1CCCCCCCCCCC. The first-order chi connectivity index (χ1) is 10.9. The molecule has 1 saturated heterocycles. The van der Waals surface area contributed by atoms with Crippen molar-refractivity contribution in [1.82, 2.24) is 0 Å². The smallest absolute Gasteiger partial charge is 0.0876 e. The number of epoxide rings is 1. The molecule has 0 radical (unpaired) electrons. The van der Waals surface area contributed by atoms with Gasteiger partial charge in [0.05, 0.1) is 12.2 Å². The van der Waals surface area contributed by atoms with Gasteiger partial charge in [0.15, 0.2) is 0 Å². The second kappa shape index (κ2) is 14.3. The molecule has 0 N–H and O–H groups in total. The molecule has 1 aliphatic rings. The molecule has 0 amide bonds. The Labute approximate surface area is 139 Å². The van der Waals surface area contributed by atoms with E-state index in [-0.39, 0.29) is 0 Å². The number of rotatable bonds is 16. The van der Waals surface area contributed by atoms with E-state index in [1.54, 1.807) is 0 Å². The van der Waals surface area contributed by atoms with Gasteiger partial charge in [0.25, 0.3) is 0 Å². The zero-order valence-electron chi connectivity index (χ0n) is 15.3. The van der Waals surface area contributed by atoms with Crippen molar-refractivity contribution >= 4 is 0 Å². The third-order valence-corrected chi connectivity index (χ3v) is 4.79. The molecule has 1 heterocycles. The highest BCUT2D eigenvalue weighted by atomic mass is 16.6. The van der Waals surface area contributed by atoms with E-state index in [0.29, 0.717) is 12.2 Å². The Morgan fingerprint density at radius 2 is 1.23 bits per heavy atom. The van der Waals surface area contributed by atoms with Crippen LogP contribution in [0.15, 0.2) is 12.2 Å². The molecule has 1 rings (SSSR count). The highest BCUT2D eigenvalue weighted by Gasteiger charge is 2.36. The maximum Gasteiger partial charge on any atom is 0.0876 e. The fraction of sp³-hybridized carbons (Fsp3) is 0.905. The van der Waals surface area contributed by atoms with E-state index < -0.39 is 0 Å². The first-order valence-corrected chi connectivity index (χ1v) is 10.2. The summed E-state index contributed by atoms with van der Waals surface area (Å²) in [4.78, 5) is 0. The van der Waals surface area contributed by atoms with Crippen molar-refractivity contribution in [1.29, 1.82) is 0 Å². The Morgan fingerprint density at radius 3 is 1.91 bits per heavy atom. The molecule has 1 aliphatic heterocycles. The number of unbranched alkanes of at least 4 members (excludes halogenated alkanes) is 11. The monoisotopic (exact) mass is 308 g/mol. The molecule has 2 unspecified atom stereocenters. The van der Waals surface area contributed by atoms with Gasteiger partial charge in [-0.15, -0.1) is 0 Å². The Balaban J connectivity index is 1.78. The molecule has 1 fully saturated rings. The minimum Gasteiger partial charge on any atom is -0.369 e. The maximum absolute atomic E-state index is 5.77. The second-order valence-corrected chi connectivity index (χ2v) is 7.03. The number of ether oxygens (including phenoxy) is 1. The lowest BCUT2D eigenvalue weighted by Crippen LogP contribution is -1.93. The van der Waals surface area contributed by atoms with Crippen LogP contribution < -0.4 is 0 Å². The van der Waals surface area contributed by atoms with Crippen LogP contribution in [0.4, 0.5) is 0 Å². The standard InChI is InChI=1S/C21H40O/c1-3-5-7-9-11-12-13-15-17-19-21-20(22-21)18-16-14-10-8-6-4-2/h14,16,20-21H,3-13,15,17-19H2,1-2H3. The molecule has 0 saturated carbocycles. The van der Waals surface area contributed by atoms with Gasteiger partial charge in [-0.25, -0.2) is 0 Å². The zero-order chi connectivity index (χ0) is 15.9. The summed E-state index contributed by atoms with van der Waals surface area (Å²) in [6.45, 7) is 4.55. The van der Waals surface area contributed by atoms with Crippen molar-refractivity contribution < 1.29 is 4.74 Å². The summed E-state index contributed by atoms with van der Waals surface area (Å²) in [5.41, 5.74) is 0. The van der Waals surface area contributed by atoms with E-state index >= 15 is 0 Å². The average molecular weight is 309 g/mol. The molecule has 1 nitrogen and oxygen atoms in total. The molecule has 0 spiro atoms. The van der Waals surface area contributed by atoms with Crippen LogP contribution in [-0.4, -0.2) is 12.2 Å². The third-order valence-electron chi connectivity index (χ3n) is 4.79. The van der Waals surface area contributed by atoms with Crippen molar-refractivity contribution in [2.24, 2.45) is 0 Å². The summed E-state index contributed by atoms with van der Waals surface area (Å²) in [5.74, 6) is 0. The van der Waals surface area contributed by atoms with E-state index in [1.165, 1.54) is 89.9 Å². The van der Waals surface area contributed by atoms with Crippen LogP contribution in [0.3, 0.4) is 0 Å². The van der Waals surface area contributed by atoms with E-state index in [4.69, 9.17) is 4.74 Å². The van der Waals surface area contributed by atoms with Crippen molar-refractivity contribution in [2.45, 2.75) is 122 Å². The van der Waals surface area contributed by atoms with Gasteiger partial charge in [0.1, 0.15) is 0 Å². The summed E-state index contributed by atoms with van der Waals surface area (Å²) in [5, 5.41) is 0. The highest BCUT2D eigenvalue weighted by Crippen LogP contribution is 2.30. The number of hydrogen-bond acceptors (Lipinski definition) is 1. The predicted octanol–water partition coefficient (Wildman–Crippen LogP) is 7.20. The van der Waals surface area contributed by atoms with Crippen LogP contribution in [0.25, 0.3) is 0 Å². The topological polar surface area (TPSA) is 12.5 Å². The molecule has 0 bridgehead atoms. The van der Waals surface area contributed by atoms with Crippen molar-refractivity contribution in [2.75, 3.05) is 0 Å². The molecular weight excluding hydrogens is 268 g/mol. The quantitative estimate of drug-likeness (QED) is 0.167. The van der Waals surface area contributed by atoms with Gasteiger partial charge in [0.2, 0.25) is 0 Å². The summed E-state index contributed by atoms with van der Waals surface area (Å²) < 4.78 is 5.77. The van der Waals surface area contributed by atoms with Gasteiger partial charge in [-0.05, 0) is 25.7 Å². The molecule has 2 atom stereocenters. The summed E-state index contributed by atoms with van der Waals surface area (Å²) >= 11 is 0. The Morgan fingerprint density at radius 1 is 0.636 bits per heavy atom. The van der Waals surface area contributed by atoms with Crippen molar-refractivity contribution in [3.8, 4) is 0 Å². The summed E-state index contributed by atoms with van der Waals surface area (Å²) in [6.07, 6.45) is 26.4. The average Bonchev–Trinajstić information content (AvgIpc) is 3.27. The van der Waals surface area contributed by atoms with Gasteiger partial charge < -0.3 is 4.74 Å². The molecule has 0 aromatic carbocycles. The van der Waals surface area contributed by atoms with Gasteiger partial charge in [-0.1, -0.05) is 96.6 Å². The van der Waals surface area contributed by atoms with Crippen LogP contribution in [-0.2, 0) is 4.74 Å². The van der Waals surface area contributed by atoms with E-state index in [0.717, 1.165) is 6.42 Å². The lowest BCUT2D eigenvalue weighted by Gasteiger charge is -2.01. The third kappa shape index (κ3) is 11.3. The highest BCUT2D eigenvalue weighted by molar-refractivity contribution is 4.93. The first kappa shape index (κ1) is 19.7. The maximum atomic E-state index is 5.77. The Kier molecular flexibility index (Phi) is 12.8. The van der Waals surface area contributed by atoms with E-state index in [9.17, 15) is 0 Å². The molecule has 1 heteroatoms. The summed E-state index contributed by atoms with van der Waals surface area (Å²) in [7, 11) is 0. The molecular formula is C21H40O. The van der Waals surface area contributed by atoms with Crippen LogP contribution >= 0.6 is 0 Å². The van der Waals surface area contributed by atoms with Gasteiger partial charge in [0, 0.05) is 0 Å². The van der Waals surface area contributed by atoms with Crippen molar-refractivity contribution in [3.63, 3.8) is 0 Å². The minimum absolute atomic E-state index is 0.552. The predicted molar refractivity (Wildman–Crippen MR) is 98.4 cm³/mol. The summed E-state index contributed by atoms with van der Waals surface area (Å²) in [6, 6.07) is 0. The molecule has 0 aliphatic carbocycles. The lowest BCUT2D eigenvalue weighted by atomic mass is 10.0. The van der Waals surface area contributed by atoms with Gasteiger partial charge in [-0.2, -0.15) is 0 Å². The van der Waals surface area contributed by atoms with Gasteiger partial charge >= 0.3 is 0 Å². The van der Waals surface area contributed by atoms with Crippen LogP contribution in [0, 0.1) is 0 Å². The second-order valence-electron chi connectivity index (χ2n) is 7.03. The zero-order valence-corrected chi connectivity index (χ0v) is 15.3.